The number of fused-ring (bicyclic) bond motifs is 2. The third-order valence-corrected chi connectivity index (χ3v) is 5.79. The van der Waals surface area contributed by atoms with Gasteiger partial charge in [-0.25, -0.2) is 24.3 Å². The van der Waals surface area contributed by atoms with E-state index in [1.54, 1.807) is 24.8 Å². The van der Waals surface area contributed by atoms with Crippen molar-refractivity contribution in [2.45, 2.75) is 33.3 Å². The molecule has 0 spiro atoms. The molecular formula is C25H25FN6O2. The summed E-state index contributed by atoms with van der Waals surface area (Å²) in [6.07, 6.45) is 5.75. The van der Waals surface area contributed by atoms with Crippen LogP contribution in [0.5, 0.6) is 5.75 Å². The molecular weight excluding hydrogens is 435 g/mol. The van der Waals surface area contributed by atoms with Crippen LogP contribution in [0.25, 0.3) is 22.4 Å². The van der Waals surface area contributed by atoms with E-state index in [4.69, 9.17) is 9.47 Å². The fraction of sp³-hybridized carbons (Fsp3) is 0.280. The van der Waals surface area contributed by atoms with Gasteiger partial charge in [0.15, 0.2) is 0 Å². The lowest BCUT2D eigenvalue weighted by molar-refractivity contribution is 0.246. The largest absolute Gasteiger partial charge is 0.492 e. The van der Waals surface area contributed by atoms with Crippen LogP contribution in [0.4, 0.5) is 10.3 Å². The smallest absolute Gasteiger partial charge is 0.208 e. The Kier molecular flexibility index (Phi) is 5.61. The second-order valence-electron chi connectivity index (χ2n) is 8.16. The normalized spacial score (nSPS) is 14.6. The lowest BCUT2D eigenvalue weighted by Crippen LogP contribution is -2.25. The highest BCUT2D eigenvalue weighted by atomic mass is 19.1. The molecule has 1 aliphatic rings. The summed E-state index contributed by atoms with van der Waals surface area (Å²) in [6.45, 7) is 10.7. The van der Waals surface area contributed by atoms with Crippen LogP contribution in [0, 0.1) is 19.7 Å². The molecule has 0 bridgehead atoms. The quantitative estimate of drug-likeness (QED) is 0.410. The summed E-state index contributed by atoms with van der Waals surface area (Å²) < 4.78 is 27.0. The molecule has 1 unspecified atom stereocenters. The third kappa shape index (κ3) is 3.93. The van der Waals surface area contributed by atoms with Crippen molar-refractivity contribution < 1.29 is 13.9 Å². The van der Waals surface area contributed by atoms with E-state index in [0.29, 0.717) is 42.8 Å². The summed E-state index contributed by atoms with van der Waals surface area (Å²) in [6, 6.07) is 4.60. The maximum atomic E-state index is 13.5. The highest BCUT2D eigenvalue weighted by molar-refractivity contribution is 5.88. The minimum absolute atomic E-state index is 0.137. The maximum Gasteiger partial charge on any atom is 0.208 e. The van der Waals surface area contributed by atoms with E-state index >= 15 is 0 Å². The van der Waals surface area contributed by atoms with Crippen LogP contribution in [0.15, 0.2) is 43.5 Å². The second-order valence-corrected chi connectivity index (χ2v) is 8.16. The number of hydrogen-bond donors (Lipinski definition) is 1. The fourth-order valence-electron chi connectivity index (χ4n) is 4.25. The Morgan fingerprint density at radius 2 is 2.06 bits per heavy atom. The van der Waals surface area contributed by atoms with Crippen molar-refractivity contribution in [3.63, 3.8) is 0 Å². The van der Waals surface area contributed by atoms with Gasteiger partial charge in [-0.3, -0.25) is 4.40 Å². The molecule has 9 heteroatoms. The molecule has 1 N–H and O–H groups in total. The van der Waals surface area contributed by atoms with E-state index in [-0.39, 0.29) is 11.9 Å². The first-order valence-corrected chi connectivity index (χ1v) is 11.1. The number of halogens is 1. The molecule has 4 heterocycles. The van der Waals surface area contributed by atoms with Crippen LogP contribution in [-0.4, -0.2) is 43.6 Å². The molecule has 0 fully saturated rings. The van der Waals surface area contributed by atoms with Crippen molar-refractivity contribution in [2.24, 2.45) is 0 Å². The van der Waals surface area contributed by atoms with E-state index < -0.39 is 0 Å². The summed E-state index contributed by atoms with van der Waals surface area (Å²) in [7, 11) is 0. The minimum atomic E-state index is -0.259. The minimum Gasteiger partial charge on any atom is -0.492 e. The molecule has 5 rings (SSSR count). The molecule has 0 aliphatic carbocycles. The fourth-order valence-corrected chi connectivity index (χ4v) is 4.25. The topological polar surface area (TPSA) is 86.5 Å². The van der Waals surface area contributed by atoms with Gasteiger partial charge < -0.3 is 14.8 Å². The Morgan fingerprint density at radius 1 is 1.24 bits per heavy atom. The van der Waals surface area contributed by atoms with Crippen molar-refractivity contribution in [3.05, 3.63) is 72.1 Å². The lowest BCUT2D eigenvalue weighted by atomic mass is 10.1. The Hall–Kier alpha value is -4.01. The van der Waals surface area contributed by atoms with Crippen molar-refractivity contribution in [2.75, 3.05) is 18.5 Å². The summed E-state index contributed by atoms with van der Waals surface area (Å²) in [5.41, 5.74) is 4.82. The van der Waals surface area contributed by atoms with Gasteiger partial charge >= 0.3 is 0 Å². The Balaban J connectivity index is 1.49. The van der Waals surface area contributed by atoms with E-state index in [9.17, 15) is 4.39 Å². The van der Waals surface area contributed by atoms with E-state index in [1.165, 1.54) is 12.1 Å². The van der Waals surface area contributed by atoms with Crippen molar-refractivity contribution in [3.8, 4) is 16.9 Å². The standard InChI is InChI=1S/C25H25FN6O2/c1-5-33-15(3)23-24-21(20-11-27-16(4)31-14(20)2)12-29-25(32(24)13-30-23)28-10-19-9-17-8-18(26)6-7-22(17)34-19/h6-8,11-13,19H,3,5,9-10H2,1-2,4H3,(H,28,29). The van der Waals surface area contributed by atoms with Gasteiger partial charge in [-0.15, -0.1) is 0 Å². The summed E-state index contributed by atoms with van der Waals surface area (Å²) in [5, 5.41) is 3.36. The molecule has 0 radical (unpaired) electrons. The number of nitrogens with one attached hydrogen (secondary N) is 1. The SMILES string of the molecule is C=C(OCC)c1ncn2c(NCC3Cc4cc(F)ccc4O3)ncc(-c3cnc(C)nc3C)c12. The number of ether oxygens (including phenoxy) is 2. The maximum absolute atomic E-state index is 13.5. The number of aromatic nitrogens is 5. The zero-order valence-corrected chi connectivity index (χ0v) is 19.3. The molecule has 3 aromatic heterocycles. The molecule has 1 atom stereocenters. The monoisotopic (exact) mass is 460 g/mol. The molecule has 0 amide bonds. The first-order valence-electron chi connectivity index (χ1n) is 11.1. The lowest BCUT2D eigenvalue weighted by Gasteiger charge is -2.16. The van der Waals surface area contributed by atoms with Gasteiger partial charge in [-0.1, -0.05) is 6.58 Å². The molecule has 0 saturated heterocycles. The van der Waals surface area contributed by atoms with Crippen molar-refractivity contribution >= 4 is 17.2 Å². The number of benzene rings is 1. The number of imidazole rings is 1. The van der Waals surface area contributed by atoms with Crippen LogP contribution in [0.2, 0.25) is 0 Å². The second kappa shape index (κ2) is 8.74. The molecule has 34 heavy (non-hydrogen) atoms. The Bertz CT molecular complexity index is 1400. The van der Waals surface area contributed by atoms with Gasteiger partial charge in [0, 0.05) is 41.2 Å². The van der Waals surface area contributed by atoms with Gasteiger partial charge in [-0.2, -0.15) is 0 Å². The number of rotatable bonds is 7. The van der Waals surface area contributed by atoms with Gasteiger partial charge in [-0.05, 0) is 39.0 Å². The van der Waals surface area contributed by atoms with E-state index in [2.05, 4.69) is 31.8 Å². The third-order valence-electron chi connectivity index (χ3n) is 5.79. The van der Waals surface area contributed by atoms with E-state index in [1.807, 2.05) is 25.2 Å². The predicted octanol–water partition coefficient (Wildman–Crippen LogP) is 4.37. The first-order chi connectivity index (χ1) is 16.4. The van der Waals surface area contributed by atoms with Gasteiger partial charge in [0.25, 0.3) is 0 Å². The van der Waals surface area contributed by atoms with Crippen LogP contribution >= 0.6 is 0 Å². The zero-order chi connectivity index (χ0) is 23.8. The molecule has 174 valence electrons. The highest BCUT2D eigenvalue weighted by Crippen LogP contribution is 2.33. The van der Waals surface area contributed by atoms with Crippen LogP contribution < -0.4 is 10.1 Å². The number of hydrogen-bond acceptors (Lipinski definition) is 7. The highest BCUT2D eigenvalue weighted by Gasteiger charge is 2.24. The van der Waals surface area contributed by atoms with Gasteiger partial charge in [0.05, 0.1) is 18.7 Å². The van der Waals surface area contributed by atoms with Crippen LogP contribution in [-0.2, 0) is 11.2 Å². The predicted molar refractivity (Wildman–Crippen MR) is 127 cm³/mol. The Labute approximate surface area is 196 Å². The number of aryl methyl sites for hydroxylation is 2. The molecule has 8 nitrogen and oxygen atoms in total. The van der Waals surface area contributed by atoms with Crippen molar-refractivity contribution in [1.82, 2.24) is 24.3 Å². The zero-order valence-electron chi connectivity index (χ0n) is 19.3. The van der Waals surface area contributed by atoms with Crippen LogP contribution in [0.3, 0.4) is 0 Å². The summed E-state index contributed by atoms with van der Waals surface area (Å²) in [5.74, 6) is 2.23. The molecule has 0 saturated carbocycles. The summed E-state index contributed by atoms with van der Waals surface area (Å²) in [4.78, 5) is 18.1. The number of anilines is 1. The van der Waals surface area contributed by atoms with Gasteiger partial charge in [0.1, 0.15) is 41.3 Å². The number of nitrogens with zero attached hydrogens (tertiary/aromatic N) is 5. The molecule has 1 aromatic carbocycles. The van der Waals surface area contributed by atoms with E-state index in [0.717, 1.165) is 33.7 Å². The average molecular weight is 461 g/mol. The summed E-state index contributed by atoms with van der Waals surface area (Å²) >= 11 is 0. The Morgan fingerprint density at radius 3 is 2.85 bits per heavy atom. The molecule has 4 aromatic rings. The van der Waals surface area contributed by atoms with Gasteiger partial charge in [0.2, 0.25) is 5.95 Å². The first kappa shape index (κ1) is 21.8. The van der Waals surface area contributed by atoms with Crippen LogP contribution in [0.1, 0.15) is 29.7 Å². The molecule has 1 aliphatic heterocycles. The average Bonchev–Trinajstić information content (AvgIpc) is 3.42. The van der Waals surface area contributed by atoms with Crippen molar-refractivity contribution in [1.29, 1.82) is 0 Å².